The van der Waals surface area contributed by atoms with E-state index >= 15 is 0 Å². The Morgan fingerprint density at radius 3 is 2.48 bits per heavy atom. The molecule has 1 atom stereocenters. The number of carbonyl (C=O) groups excluding carboxylic acids is 2. The first-order chi connectivity index (χ1) is 15.9. The summed E-state index contributed by atoms with van der Waals surface area (Å²) in [7, 11) is 1.57. The molecule has 3 aromatic rings. The number of nitrogens with zero attached hydrogens (tertiary/aromatic N) is 3. The van der Waals surface area contributed by atoms with Gasteiger partial charge < -0.3 is 15.5 Å². The van der Waals surface area contributed by atoms with Crippen molar-refractivity contribution < 1.29 is 14.0 Å². The summed E-state index contributed by atoms with van der Waals surface area (Å²) < 4.78 is 14.7. The average molecular weight is 441 g/mol. The molecule has 164 valence electrons. The van der Waals surface area contributed by atoms with Crippen LogP contribution in [0.3, 0.4) is 0 Å². The van der Waals surface area contributed by atoms with E-state index in [4.69, 9.17) is 0 Å². The first-order valence-corrected chi connectivity index (χ1v) is 10.2. The summed E-state index contributed by atoms with van der Waals surface area (Å²) in [5.74, 6) is -0.987. The maximum atomic E-state index is 14.7. The number of benzene rings is 3. The molecule has 2 N–H and O–H groups in total. The third-order valence-corrected chi connectivity index (χ3v) is 5.37. The second-order valence-electron chi connectivity index (χ2n) is 7.48. The lowest BCUT2D eigenvalue weighted by Gasteiger charge is -2.21. The van der Waals surface area contributed by atoms with Crippen molar-refractivity contribution in [3.05, 3.63) is 94.8 Å². The van der Waals surface area contributed by atoms with E-state index in [-0.39, 0.29) is 16.8 Å². The van der Waals surface area contributed by atoms with Gasteiger partial charge in [0, 0.05) is 18.2 Å². The molecule has 1 aliphatic heterocycles. The lowest BCUT2D eigenvalue weighted by Crippen LogP contribution is -2.47. The molecule has 4 rings (SSSR count). The van der Waals surface area contributed by atoms with Crippen LogP contribution in [0.5, 0.6) is 0 Å². The highest BCUT2D eigenvalue weighted by molar-refractivity contribution is 6.20. The minimum Gasteiger partial charge on any atom is -0.311 e. The molecule has 0 radical (unpaired) electrons. The van der Waals surface area contributed by atoms with Gasteiger partial charge in [-0.25, -0.2) is 14.2 Å². The maximum absolute atomic E-state index is 14.7. The zero-order valence-electron chi connectivity index (χ0n) is 18.0. The predicted octanol–water partition coefficient (Wildman–Crippen LogP) is 3.97. The number of fused-ring (bicyclic) bond motifs is 1. The Morgan fingerprint density at radius 2 is 1.76 bits per heavy atom. The van der Waals surface area contributed by atoms with Crippen molar-refractivity contribution in [2.75, 3.05) is 17.3 Å². The third-order valence-electron chi connectivity index (χ3n) is 5.37. The molecule has 0 saturated carbocycles. The van der Waals surface area contributed by atoms with Gasteiger partial charge in [-0.2, -0.15) is 5.26 Å². The standard InChI is InChI=1S/C25H20FN5O2/c1-15-8-7-9-16(14-27)21(15)29-25(33)30-23-24(32)31(2)20-13-6-4-11-18(20)22(28-23)17-10-3-5-12-19(17)26/h3-13,23H,1-2H3,(H2,29,30,33). The number of carbonyl (C=O) groups is 2. The van der Waals surface area contributed by atoms with E-state index in [2.05, 4.69) is 15.6 Å². The van der Waals surface area contributed by atoms with Crippen LogP contribution in [-0.2, 0) is 4.79 Å². The maximum Gasteiger partial charge on any atom is 0.321 e. The van der Waals surface area contributed by atoms with E-state index in [1.807, 2.05) is 6.07 Å². The van der Waals surface area contributed by atoms with Crippen molar-refractivity contribution in [3.63, 3.8) is 0 Å². The molecule has 0 saturated heterocycles. The van der Waals surface area contributed by atoms with E-state index in [1.165, 1.54) is 11.0 Å². The molecule has 0 aliphatic carbocycles. The van der Waals surface area contributed by atoms with E-state index in [9.17, 15) is 19.2 Å². The molecular weight excluding hydrogens is 421 g/mol. The Kier molecular flexibility index (Phi) is 5.87. The van der Waals surface area contributed by atoms with Gasteiger partial charge in [0.25, 0.3) is 5.91 Å². The Labute approximate surface area is 190 Å². The molecule has 1 aliphatic rings. The highest BCUT2D eigenvalue weighted by Crippen LogP contribution is 2.28. The van der Waals surface area contributed by atoms with Crippen molar-refractivity contribution >= 4 is 29.0 Å². The molecule has 0 fully saturated rings. The highest BCUT2D eigenvalue weighted by atomic mass is 19.1. The molecule has 3 amide bonds. The van der Waals surface area contributed by atoms with Gasteiger partial charge in [0.15, 0.2) is 0 Å². The Bertz CT molecular complexity index is 1330. The van der Waals surface area contributed by atoms with Crippen LogP contribution < -0.4 is 15.5 Å². The molecule has 8 heteroatoms. The van der Waals surface area contributed by atoms with E-state index in [0.717, 1.165) is 0 Å². The van der Waals surface area contributed by atoms with Gasteiger partial charge in [0.1, 0.15) is 11.9 Å². The summed E-state index contributed by atoms with van der Waals surface area (Å²) in [4.78, 5) is 31.8. The number of anilines is 2. The van der Waals surface area contributed by atoms with Crippen molar-refractivity contribution in [2.24, 2.45) is 4.99 Å². The van der Waals surface area contributed by atoms with Crippen molar-refractivity contribution in [1.82, 2.24) is 5.32 Å². The summed E-state index contributed by atoms with van der Waals surface area (Å²) >= 11 is 0. The normalized spacial score (nSPS) is 15.1. The molecule has 1 unspecified atom stereocenters. The number of nitriles is 1. The topological polar surface area (TPSA) is 97.6 Å². The number of rotatable bonds is 3. The van der Waals surface area contributed by atoms with Crippen LogP contribution >= 0.6 is 0 Å². The highest BCUT2D eigenvalue weighted by Gasteiger charge is 2.31. The van der Waals surface area contributed by atoms with Crippen LogP contribution in [-0.4, -0.2) is 30.9 Å². The van der Waals surface area contributed by atoms with Gasteiger partial charge in [0.2, 0.25) is 6.17 Å². The monoisotopic (exact) mass is 441 g/mol. The van der Waals surface area contributed by atoms with Crippen LogP contribution in [0.2, 0.25) is 0 Å². The summed E-state index contributed by atoms with van der Waals surface area (Å²) in [5, 5.41) is 14.5. The van der Waals surface area contributed by atoms with Crippen molar-refractivity contribution in [2.45, 2.75) is 13.1 Å². The second-order valence-corrected chi connectivity index (χ2v) is 7.48. The van der Waals surface area contributed by atoms with Crippen LogP contribution in [0.25, 0.3) is 0 Å². The number of urea groups is 1. The van der Waals surface area contributed by atoms with Gasteiger partial charge in [-0.1, -0.05) is 42.5 Å². The Balaban J connectivity index is 1.74. The lowest BCUT2D eigenvalue weighted by molar-refractivity contribution is -0.119. The number of likely N-dealkylation sites (N-methyl/N-ethyl adjacent to an activating group) is 1. The van der Waals surface area contributed by atoms with Crippen LogP contribution in [0.4, 0.5) is 20.6 Å². The fraction of sp³-hybridized carbons (Fsp3) is 0.120. The predicted molar refractivity (Wildman–Crippen MR) is 124 cm³/mol. The van der Waals surface area contributed by atoms with Crippen LogP contribution in [0.1, 0.15) is 22.3 Å². The molecule has 0 bridgehead atoms. The number of halogens is 1. The van der Waals surface area contributed by atoms with E-state index < -0.39 is 23.9 Å². The molecule has 1 heterocycles. The SMILES string of the molecule is Cc1cccc(C#N)c1NC(=O)NC1N=C(c2ccccc2F)c2ccccc2N(C)C1=O. The first-order valence-electron chi connectivity index (χ1n) is 10.2. The minimum atomic E-state index is -1.31. The Hall–Kier alpha value is -4.51. The van der Waals surface area contributed by atoms with Crippen molar-refractivity contribution in [1.29, 1.82) is 5.26 Å². The lowest BCUT2D eigenvalue weighted by atomic mass is 10.00. The zero-order valence-corrected chi connectivity index (χ0v) is 18.0. The summed E-state index contributed by atoms with van der Waals surface area (Å²) in [5.41, 5.74) is 2.89. The number of benzodiazepines with no additional fused rings is 1. The fourth-order valence-corrected chi connectivity index (χ4v) is 3.68. The van der Waals surface area contributed by atoms with Gasteiger partial charge in [-0.3, -0.25) is 4.79 Å². The van der Waals surface area contributed by atoms with E-state index in [0.29, 0.717) is 22.5 Å². The first kappa shape index (κ1) is 21.7. The number of amides is 3. The summed E-state index contributed by atoms with van der Waals surface area (Å²) in [6.45, 7) is 1.76. The van der Waals surface area contributed by atoms with Gasteiger partial charge in [-0.15, -0.1) is 0 Å². The fourth-order valence-electron chi connectivity index (χ4n) is 3.68. The van der Waals surface area contributed by atoms with Crippen LogP contribution in [0, 0.1) is 24.1 Å². The van der Waals surface area contributed by atoms with Gasteiger partial charge >= 0.3 is 6.03 Å². The number of aliphatic imine (C=N–C) groups is 1. The van der Waals surface area contributed by atoms with Crippen LogP contribution in [0.15, 0.2) is 71.7 Å². The molecule has 3 aromatic carbocycles. The largest absolute Gasteiger partial charge is 0.321 e. The quantitative estimate of drug-likeness (QED) is 0.644. The van der Waals surface area contributed by atoms with Gasteiger partial charge in [-0.05, 0) is 36.8 Å². The average Bonchev–Trinajstić information content (AvgIpc) is 2.91. The number of hydrogen-bond donors (Lipinski definition) is 2. The smallest absolute Gasteiger partial charge is 0.311 e. The number of hydrogen-bond acceptors (Lipinski definition) is 4. The van der Waals surface area contributed by atoms with Gasteiger partial charge in [0.05, 0.1) is 22.6 Å². The van der Waals surface area contributed by atoms with Crippen molar-refractivity contribution in [3.8, 4) is 6.07 Å². The molecule has 33 heavy (non-hydrogen) atoms. The summed E-state index contributed by atoms with van der Waals surface area (Å²) in [6.07, 6.45) is -1.31. The molecule has 0 spiro atoms. The number of nitrogens with one attached hydrogen (secondary N) is 2. The summed E-state index contributed by atoms with van der Waals surface area (Å²) in [6, 6.07) is 19.5. The molecule has 0 aromatic heterocycles. The number of aryl methyl sites for hydroxylation is 1. The third kappa shape index (κ3) is 4.16. The number of para-hydroxylation sites is 2. The molecular formula is C25H20FN5O2. The molecule has 7 nitrogen and oxygen atoms in total. The Morgan fingerprint density at radius 1 is 1.06 bits per heavy atom. The van der Waals surface area contributed by atoms with E-state index in [1.54, 1.807) is 74.6 Å². The zero-order chi connectivity index (χ0) is 23.5. The minimum absolute atomic E-state index is 0.214. The second kappa shape index (κ2) is 8.93.